The van der Waals surface area contributed by atoms with Crippen LogP contribution in [0.1, 0.15) is 15.9 Å². The fraction of sp³-hybridized carbons (Fsp3) is 0.200. The fourth-order valence-corrected chi connectivity index (χ4v) is 3.22. The number of rotatable bonds is 4. The van der Waals surface area contributed by atoms with Gasteiger partial charge in [-0.3, -0.25) is 9.59 Å². The van der Waals surface area contributed by atoms with Crippen LogP contribution in [0.5, 0.6) is 0 Å². The van der Waals surface area contributed by atoms with Crippen LogP contribution in [0.2, 0.25) is 0 Å². The molecule has 1 aliphatic rings. The molecule has 3 rings (SSSR count). The van der Waals surface area contributed by atoms with Crippen LogP contribution in [0.25, 0.3) is 6.08 Å². The SMILES string of the molecule is O=C(/C=C/c1ccc(Br)cc1)N1CCN(C(=O)c2ccc(B(O)O)cc2)CC1. The second-order valence-electron chi connectivity index (χ2n) is 6.50. The van der Waals surface area contributed by atoms with Gasteiger partial charge in [0.2, 0.25) is 5.91 Å². The summed E-state index contributed by atoms with van der Waals surface area (Å²) in [6, 6.07) is 13.9. The zero-order valence-corrected chi connectivity index (χ0v) is 16.7. The average Bonchev–Trinajstić information content (AvgIpc) is 2.73. The molecule has 144 valence electrons. The summed E-state index contributed by atoms with van der Waals surface area (Å²) in [7, 11) is -1.55. The van der Waals surface area contributed by atoms with E-state index in [9.17, 15) is 9.59 Å². The maximum Gasteiger partial charge on any atom is 0.488 e. The lowest BCUT2D eigenvalue weighted by atomic mass is 9.80. The Labute approximate surface area is 172 Å². The van der Waals surface area contributed by atoms with E-state index in [4.69, 9.17) is 10.0 Å². The fourth-order valence-electron chi connectivity index (χ4n) is 2.96. The highest BCUT2D eigenvalue weighted by atomic mass is 79.9. The van der Waals surface area contributed by atoms with Crippen LogP contribution in [-0.2, 0) is 4.79 Å². The van der Waals surface area contributed by atoms with Gasteiger partial charge in [-0.2, -0.15) is 0 Å². The molecule has 0 aromatic heterocycles. The van der Waals surface area contributed by atoms with Crippen LogP contribution in [0.3, 0.4) is 0 Å². The first-order valence-electron chi connectivity index (χ1n) is 8.92. The van der Waals surface area contributed by atoms with Crippen molar-refractivity contribution >= 4 is 46.4 Å². The smallest absolute Gasteiger partial charge is 0.423 e. The minimum Gasteiger partial charge on any atom is -0.423 e. The van der Waals surface area contributed by atoms with Crippen LogP contribution in [0, 0.1) is 0 Å². The normalized spacial score (nSPS) is 14.4. The van der Waals surface area contributed by atoms with Crippen molar-refractivity contribution in [3.8, 4) is 0 Å². The number of hydrogen-bond donors (Lipinski definition) is 2. The van der Waals surface area contributed by atoms with Gasteiger partial charge < -0.3 is 19.8 Å². The van der Waals surface area contributed by atoms with E-state index in [-0.39, 0.29) is 11.8 Å². The molecule has 2 aromatic carbocycles. The largest absolute Gasteiger partial charge is 0.488 e. The highest BCUT2D eigenvalue weighted by molar-refractivity contribution is 9.10. The second kappa shape index (κ2) is 9.19. The molecular formula is C20H20BBrN2O4. The van der Waals surface area contributed by atoms with Crippen LogP contribution >= 0.6 is 15.9 Å². The molecule has 8 heteroatoms. The summed E-state index contributed by atoms with van der Waals surface area (Å²) in [6.45, 7) is 1.87. The van der Waals surface area contributed by atoms with Crippen molar-refractivity contribution < 1.29 is 19.6 Å². The Morgan fingerprint density at radius 1 is 0.893 bits per heavy atom. The van der Waals surface area contributed by atoms with Crippen molar-refractivity contribution in [2.75, 3.05) is 26.2 Å². The molecule has 0 unspecified atom stereocenters. The number of amides is 2. The van der Waals surface area contributed by atoms with Crippen molar-refractivity contribution in [2.45, 2.75) is 0 Å². The molecule has 0 spiro atoms. The van der Waals surface area contributed by atoms with E-state index in [0.29, 0.717) is 37.2 Å². The first kappa shape index (κ1) is 20.3. The Morgan fingerprint density at radius 3 is 2.04 bits per heavy atom. The molecule has 0 radical (unpaired) electrons. The highest BCUT2D eigenvalue weighted by Gasteiger charge is 2.24. The number of halogens is 1. The summed E-state index contributed by atoms with van der Waals surface area (Å²) in [6.07, 6.45) is 3.34. The van der Waals surface area contributed by atoms with Crippen molar-refractivity contribution in [1.29, 1.82) is 0 Å². The molecule has 1 saturated heterocycles. The second-order valence-corrected chi connectivity index (χ2v) is 7.41. The number of carbonyl (C=O) groups excluding carboxylic acids is 2. The molecule has 2 aromatic rings. The lowest BCUT2D eigenvalue weighted by Gasteiger charge is -2.34. The molecule has 0 saturated carbocycles. The molecule has 2 amide bonds. The van der Waals surface area contributed by atoms with E-state index < -0.39 is 7.12 Å². The number of benzene rings is 2. The highest BCUT2D eigenvalue weighted by Crippen LogP contribution is 2.13. The molecule has 1 heterocycles. The summed E-state index contributed by atoms with van der Waals surface area (Å²) in [5.41, 5.74) is 1.77. The summed E-state index contributed by atoms with van der Waals surface area (Å²) in [5.74, 6) is -0.201. The third kappa shape index (κ3) is 5.10. The molecule has 0 aliphatic carbocycles. The van der Waals surface area contributed by atoms with E-state index >= 15 is 0 Å². The van der Waals surface area contributed by atoms with Gasteiger partial charge in [0.15, 0.2) is 0 Å². The van der Waals surface area contributed by atoms with Gasteiger partial charge >= 0.3 is 7.12 Å². The number of carbonyl (C=O) groups is 2. The molecule has 28 heavy (non-hydrogen) atoms. The first-order chi connectivity index (χ1) is 13.4. The Kier molecular flexibility index (Phi) is 6.67. The lowest BCUT2D eigenvalue weighted by molar-refractivity contribution is -0.127. The van der Waals surface area contributed by atoms with Crippen LogP contribution in [0.15, 0.2) is 59.1 Å². The average molecular weight is 443 g/mol. The molecule has 0 bridgehead atoms. The zero-order valence-electron chi connectivity index (χ0n) is 15.2. The summed E-state index contributed by atoms with van der Waals surface area (Å²) >= 11 is 3.38. The van der Waals surface area contributed by atoms with Crippen molar-refractivity contribution in [3.63, 3.8) is 0 Å². The van der Waals surface area contributed by atoms with Gasteiger partial charge in [-0.15, -0.1) is 0 Å². The van der Waals surface area contributed by atoms with Gasteiger partial charge in [-0.25, -0.2) is 0 Å². The molecule has 6 nitrogen and oxygen atoms in total. The maximum absolute atomic E-state index is 12.6. The molecular weight excluding hydrogens is 423 g/mol. The van der Waals surface area contributed by atoms with Crippen LogP contribution in [0.4, 0.5) is 0 Å². The van der Waals surface area contributed by atoms with Gasteiger partial charge in [-0.1, -0.05) is 40.2 Å². The van der Waals surface area contributed by atoms with E-state index in [0.717, 1.165) is 10.0 Å². The molecule has 0 atom stereocenters. The van der Waals surface area contributed by atoms with Gasteiger partial charge in [0, 0.05) is 42.3 Å². The molecule has 1 fully saturated rings. The van der Waals surface area contributed by atoms with E-state index in [1.165, 1.54) is 12.1 Å². The van der Waals surface area contributed by atoms with E-state index in [1.54, 1.807) is 34.1 Å². The van der Waals surface area contributed by atoms with Gasteiger partial charge in [0.25, 0.3) is 5.91 Å². The monoisotopic (exact) mass is 442 g/mol. The predicted molar refractivity (Wildman–Crippen MR) is 112 cm³/mol. The third-order valence-electron chi connectivity index (χ3n) is 4.62. The Morgan fingerprint density at radius 2 is 1.46 bits per heavy atom. The Hall–Kier alpha value is -2.42. The zero-order chi connectivity index (χ0) is 20.1. The standard InChI is InChI=1S/C20H20BBrN2O4/c22-18-8-1-15(2-9-18)3-10-19(25)23-11-13-24(14-12-23)20(26)16-4-6-17(7-5-16)21(27)28/h1-10,27-28H,11-14H2/b10-3+. The number of nitrogens with zero attached hydrogens (tertiary/aromatic N) is 2. The minimum atomic E-state index is -1.55. The number of hydrogen-bond acceptors (Lipinski definition) is 4. The summed E-state index contributed by atoms with van der Waals surface area (Å²) < 4.78 is 0.985. The number of piperazine rings is 1. The van der Waals surface area contributed by atoms with Crippen LogP contribution in [-0.4, -0.2) is 65.0 Å². The first-order valence-corrected chi connectivity index (χ1v) is 9.71. The van der Waals surface area contributed by atoms with Crippen molar-refractivity contribution in [2.24, 2.45) is 0 Å². The minimum absolute atomic E-state index is 0.0729. The molecule has 1 aliphatic heterocycles. The summed E-state index contributed by atoms with van der Waals surface area (Å²) in [5, 5.41) is 18.3. The van der Waals surface area contributed by atoms with Gasteiger partial charge in [0.1, 0.15) is 0 Å². The topological polar surface area (TPSA) is 81.1 Å². The van der Waals surface area contributed by atoms with E-state index in [1.807, 2.05) is 24.3 Å². The predicted octanol–water partition coefficient (Wildman–Crippen LogP) is 1.13. The van der Waals surface area contributed by atoms with Crippen LogP contribution < -0.4 is 5.46 Å². The van der Waals surface area contributed by atoms with E-state index in [2.05, 4.69) is 15.9 Å². The van der Waals surface area contributed by atoms with Crippen molar-refractivity contribution in [3.05, 3.63) is 70.2 Å². The van der Waals surface area contributed by atoms with Gasteiger partial charge in [-0.05, 0) is 41.4 Å². The Balaban J connectivity index is 1.54. The maximum atomic E-state index is 12.6. The van der Waals surface area contributed by atoms with Crippen molar-refractivity contribution in [1.82, 2.24) is 9.80 Å². The Bertz CT molecular complexity index is 861. The lowest BCUT2D eigenvalue weighted by Crippen LogP contribution is -2.50. The van der Waals surface area contributed by atoms with Gasteiger partial charge in [0.05, 0.1) is 0 Å². The molecule has 2 N–H and O–H groups in total. The third-order valence-corrected chi connectivity index (χ3v) is 5.15. The summed E-state index contributed by atoms with van der Waals surface area (Å²) in [4.78, 5) is 28.4. The quantitative estimate of drug-likeness (QED) is 0.549.